The van der Waals surface area contributed by atoms with Crippen molar-refractivity contribution in [3.63, 3.8) is 0 Å². The summed E-state index contributed by atoms with van der Waals surface area (Å²) < 4.78 is 14.2. The third-order valence-corrected chi connectivity index (χ3v) is 4.85. The molecule has 0 unspecified atom stereocenters. The summed E-state index contributed by atoms with van der Waals surface area (Å²) in [4.78, 5) is 18.3. The molecule has 2 aromatic carbocycles. The Morgan fingerprint density at radius 2 is 1.79 bits per heavy atom. The first-order valence-corrected chi connectivity index (χ1v) is 9.27. The largest absolute Gasteiger partial charge is 0.506 e. The zero-order chi connectivity index (χ0) is 19.9. The molecule has 2 aromatic rings. The van der Waals surface area contributed by atoms with E-state index in [0.717, 1.165) is 5.69 Å². The lowest BCUT2D eigenvalue weighted by Crippen LogP contribution is -2.50. The second-order valence-corrected chi connectivity index (χ2v) is 6.66. The minimum atomic E-state index is -0.474. The van der Waals surface area contributed by atoms with Gasteiger partial charge in [-0.2, -0.15) is 5.26 Å². The number of piperazine rings is 1. The number of para-hydroxylation sites is 3. The van der Waals surface area contributed by atoms with Crippen molar-refractivity contribution in [2.24, 2.45) is 0 Å². The Balaban J connectivity index is 1.62. The minimum absolute atomic E-state index is 0.140. The topological polar surface area (TPSA) is 70.8 Å². The van der Waals surface area contributed by atoms with E-state index in [-0.39, 0.29) is 36.9 Å². The van der Waals surface area contributed by atoms with Crippen molar-refractivity contribution >= 4 is 17.3 Å². The second kappa shape index (κ2) is 9.20. The van der Waals surface area contributed by atoms with Crippen molar-refractivity contribution in [3.05, 3.63) is 54.3 Å². The number of carbonyl (C=O) groups is 1. The number of carbonyl (C=O) groups excluding carboxylic acids is 1. The van der Waals surface area contributed by atoms with Crippen LogP contribution in [0.25, 0.3) is 0 Å². The van der Waals surface area contributed by atoms with Crippen LogP contribution in [-0.2, 0) is 4.79 Å². The number of phenols is 1. The summed E-state index contributed by atoms with van der Waals surface area (Å²) in [6, 6.07) is 15.3. The number of rotatable bonds is 6. The Labute approximate surface area is 164 Å². The molecular weight excluding hydrogens is 359 g/mol. The number of phenolic OH excluding ortho intramolecular Hbond substituents is 1. The number of amides is 1. The molecule has 0 radical (unpaired) electrons. The Kier molecular flexibility index (Phi) is 6.45. The molecule has 1 aliphatic heterocycles. The number of anilines is 2. The van der Waals surface area contributed by atoms with E-state index < -0.39 is 5.82 Å². The van der Waals surface area contributed by atoms with Gasteiger partial charge in [0, 0.05) is 32.7 Å². The summed E-state index contributed by atoms with van der Waals surface area (Å²) in [5, 5.41) is 18.9. The zero-order valence-electron chi connectivity index (χ0n) is 15.6. The Morgan fingerprint density at radius 3 is 2.46 bits per heavy atom. The highest BCUT2D eigenvalue weighted by Gasteiger charge is 2.24. The quantitative estimate of drug-likeness (QED) is 0.832. The standard InChI is InChI=1S/C21H23FN4O2/c22-17-6-1-2-7-18(17)26(11-5-10-23)21(28)16-24-12-14-25(15-13-24)19-8-3-4-9-20(19)27/h1-4,6-9,27H,5,11-16H2. The molecule has 0 aromatic heterocycles. The third kappa shape index (κ3) is 4.59. The first-order valence-electron chi connectivity index (χ1n) is 9.27. The molecule has 0 spiro atoms. The highest BCUT2D eigenvalue weighted by atomic mass is 19.1. The highest BCUT2D eigenvalue weighted by molar-refractivity contribution is 5.95. The van der Waals surface area contributed by atoms with Gasteiger partial charge in [-0.1, -0.05) is 24.3 Å². The van der Waals surface area contributed by atoms with Crippen LogP contribution in [0.15, 0.2) is 48.5 Å². The molecule has 0 aliphatic carbocycles. The lowest BCUT2D eigenvalue weighted by Gasteiger charge is -2.36. The molecule has 1 heterocycles. The molecule has 28 heavy (non-hydrogen) atoms. The molecule has 1 N–H and O–H groups in total. The summed E-state index contributed by atoms with van der Waals surface area (Å²) in [7, 11) is 0. The Hall–Kier alpha value is -3.11. The minimum Gasteiger partial charge on any atom is -0.506 e. The van der Waals surface area contributed by atoms with Crippen molar-refractivity contribution < 1.29 is 14.3 Å². The Morgan fingerprint density at radius 1 is 1.11 bits per heavy atom. The number of benzene rings is 2. The fraction of sp³-hybridized carbons (Fsp3) is 0.333. The van der Waals surface area contributed by atoms with E-state index in [1.807, 2.05) is 23.1 Å². The van der Waals surface area contributed by atoms with Crippen LogP contribution in [0.1, 0.15) is 6.42 Å². The van der Waals surface area contributed by atoms with Crippen molar-refractivity contribution in [1.82, 2.24) is 4.90 Å². The van der Waals surface area contributed by atoms with Crippen LogP contribution in [0.2, 0.25) is 0 Å². The molecule has 7 heteroatoms. The van der Waals surface area contributed by atoms with Gasteiger partial charge in [-0.05, 0) is 24.3 Å². The molecule has 0 saturated carbocycles. The monoisotopic (exact) mass is 382 g/mol. The molecular formula is C21H23FN4O2. The normalized spacial score (nSPS) is 14.5. The third-order valence-electron chi connectivity index (χ3n) is 4.85. The van der Waals surface area contributed by atoms with Crippen LogP contribution in [0, 0.1) is 17.1 Å². The maximum absolute atomic E-state index is 14.2. The summed E-state index contributed by atoms with van der Waals surface area (Å²) in [5.74, 6) is -0.455. The molecule has 3 rings (SSSR count). The smallest absolute Gasteiger partial charge is 0.241 e. The highest BCUT2D eigenvalue weighted by Crippen LogP contribution is 2.27. The van der Waals surface area contributed by atoms with Crippen LogP contribution in [0.5, 0.6) is 5.75 Å². The van der Waals surface area contributed by atoms with Crippen LogP contribution in [-0.4, -0.2) is 55.2 Å². The molecule has 146 valence electrons. The second-order valence-electron chi connectivity index (χ2n) is 6.66. The van der Waals surface area contributed by atoms with Crippen LogP contribution in [0.3, 0.4) is 0 Å². The van der Waals surface area contributed by atoms with Crippen molar-refractivity contribution in [2.75, 3.05) is 49.1 Å². The van der Waals surface area contributed by atoms with E-state index in [9.17, 15) is 14.3 Å². The van der Waals surface area contributed by atoms with E-state index in [2.05, 4.69) is 4.90 Å². The number of hydrogen-bond acceptors (Lipinski definition) is 5. The maximum atomic E-state index is 14.2. The fourth-order valence-electron chi connectivity index (χ4n) is 3.37. The van der Waals surface area contributed by atoms with Crippen LogP contribution >= 0.6 is 0 Å². The predicted octanol–water partition coefficient (Wildman–Crippen LogP) is 2.60. The number of halogens is 1. The number of nitrogens with zero attached hydrogens (tertiary/aromatic N) is 4. The van der Waals surface area contributed by atoms with Crippen LogP contribution < -0.4 is 9.80 Å². The predicted molar refractivity (Wildman–Crippen MR) is 106 cm³/mol. The van der Waals surface area contributed by atoms with Gasteiger partial charge in [0.1, 0.15) is 11.6 Å². The average Bonchev–Trinajstić information content (AvgIpc) is 2.70. The number of nitriles is 1. The number of aromatic hydroxyl groups is 1. The first kappa shape index (κ1) is 19.6. The van der Waals surface area contributed by atoms with E-state index in [1.165, 1.54) is 11.0 Å². The zero-order valence-corrected chi connectivity index (χ0v) is 15.6. The van der Waals surface area contributed by atoms with Gasteiger partial charge in [-0.3, -0.25) is 9.69 Å². The summed E-state index contributed by atoms with van der Waals surface area (Å²) in [6.07, 6.45) is 0.140. The van der Waals surface area contributed by atoms with Crippen molar-refractivity contribution in [2.45, 2.75) is 6.42 Å². The summed E-state index contributed by atoms with van der Waals surface area (Å²) in [6.45, 7) is 3.00. The van der Waals surface area contributed by atoms with Gasteiger partial charge in [0.25, 0.3) is 0 Å². The molecule has 6 nitrogen and oxygen atoms in total. The summed E-state index contributed by atoms with van der Waals surface area (Å²) in [5.41, 5.74) is 0.992. The lowest BCUT2D eigenvalue weighted by atomic mass is 10.2. The van der Waals surface area contributed by atoms with Gasteiger partial charge >= 0.3 is 0 Å². The molecule has 0 bridgehead atoms. The fourth-order valence-corrected chi connectivity index (χ4v) is 3.37. The number of hydrogen-bond donors (Lipinski definition) is 1. The van der Waals surface area contributed by atoms with Gasteiger partial charge < -0.3 is 14.9 Å². The van der Waals surface area contributed by atoms with E-state index >= 15 is 0 Å². The molecule has 1 saturated heterocycles. The molecule has 1 aliphatic rings. The van der Waals surface area contributed by atoms with E-state index in [1.54, 1.807) is 30.3 Å². The maximum Gasteiger partial charge on any atom is 0.241 e. The lowest BCUT2D eigenvalue weighted by molar-refractivity contribution is -0.119. The van der Waals surface area contributed by atoms with Crippen molar-refractivity contribution in [3.8, 4) is 11.8 Å². The van der Waals surface area contributed by atoms with Gasteiger partial charge in [-0.15, -0.1) is 0 Å². The first-order chi connectivity index (χ1) is 13.6. The molecule has 1 amide bonds. The van der Waals surface area contributed by atoms with Gasteiger partial charge in [0.2, 0.25) is 5.91 Å². The van der Waals surface area contributed by atoms with Gasteiger partial charge in [0.15, 0.2) is 0 Å². The average molecular weight is 382 g/mol. The van der Waals surface area contributed by atoms with Gasteiger partial charge in [0.05, 0.1) is 30.4 Å². The van der Waals surface area contributed by atoms with Gasteiger partial charge in [-0.25, -0.2) is 4.39 Å². The molecule has 0 atom stereocenters. The molecule has 1 fully saturated rings. The summed E-state index contributed by atoms with van der Waals surface area (Å²) >= 11 is 0. The van der Waals surface area contributed by atoms with E-state index in [0.29, 0.717) is 26.2 Å². The van der Waals surface area contributed by atoms with Crippen molar-refractivity contribution in [1.29, 1.82) is 5.26 Å². The van der Waals surface area contributed by atoms with Crippen LogP contribution in [0.4, 0.5) is 15.8 Å². The van der Waals surface area contributed by atoms with E-state index in [4.69, 9.17) is 5.26 Å². The SMILES string of the molecule is N#CCCN(C(=O)CN1CCN(c2ccccc2O)CC1)c1ccccc1F. The Bertz CT molecular complexity index is 859.